The molecule has 7 nitrogen and oxygen atoms in total. The fourth-order valence-electron chi connectivity index (χ4n) is 4.12. The van der Waals surface area contributed by atoms with Gasteiger partial charge in [-0.3, -0.25) is 4.79 Å². The van der Waals surface area contributed by atoms with E-state index in [1.165, 1.54) is 25.4 Å². The van der Waals surface area contributed by atoms with Gasteiger partial charge in [0, 0.05) is 43.3 Å². The maximum absolute atomic E-state index is 14.5. The number of piperidine rings is 1. The number of anilines is 1. The van der Waals surface area contributed by atoms with Gasteiger partial charge in [-0.1, -0.05) is 6.92 Å². The van der Waals surface area contributed by atoms with E-state index in [0.717, 1.165) is 17.0 Å². The van der Waals surface area contributed by atoms with Gasteiger partial charge in [-0.15, -0.1) is 0 Å². The normalized spacial score (nSPS) is 19.7. The van der Waals surface area contributed by atoms with Crippen molar-refractivity contribution < 1.29 is 31.1 Å². The summed E-state index contributed by atoms with van der Waals surface area (Å²) >= 11 is 0. The molecule has 1 aromatic carbocycles. The van der Waals surface area contributed by atoms with Crippen molar-refractivity contribution in [2.24, 2.45) is 5.92 Å². The van der Waals surface area contributed by atoms with Crippen molar-refractivity contribution in [2.75, 3.05) is 18.4 Å². The zero-order valence-electron chi connectivity index (χ0n) is 18.8. The molecular weight excluding hydrogens is 490 g/mol. The van der Waals surface area contributed by atoms with Crippen LogP contribution >= 0.6 is 0 Å². The van der Waals surface area contributed by atoms with Gasteiger partial charge in [0.2, 0.25) is 5.95 Å². The van der Waals surface area contributed by atoms with Gasteiger partial charge in [0.25, 0.3) is 11.8 Å². The number of halogens is 6. The predicted molar refractivity (Wildman–Crippen MR) is 117 cm³/mol. The average Bonchev–Trinajstić information content (AvgIpc) is 2.82. The van der Waals surface area contributed by atoms with E-state index in [1.807, 2.05) is 0 Å². The summed E-state index contributed by atoms with van der Waals surface area (Å²) in [6.45, 7) is 0.475. The molecule has 3 aromatic rings. The van der Waals surface area contributed by atoms with Gasteiger partial charge in [-0.25, -0.2) is 33.1 Å². The van der Waals surface area contributed by atoms with E-state index in [1.54, 1.807) is 6.07 Å². The molecule has 2 atom stereocenters. The monoisotopic (exact) mass is 510 g/mol. The highest BCUT2D eigenvalue weighted by Crippen LogP contribution is 2.36. The molecule has 0 radical (unpaired) electrons. The smallest absolute Gasteiger partial charge is 0.352 e. The van der Waals surface area contributed by atoms with Crippen molar-refractivity contribution in [3.63, 3.8) is 0 Å². The molecule has 1 aliphatic heterocycles. The Morgan fingerprint density at radius 2 is 1.81 bits per heavy atom. The Labute approximate surface area is 201 Å². The predicted octanol–water partition coefficient (Wildman–Crippen LogP) is 4.69. The molecule has 1 fully saturated rings. The van der Waals surface area contributed by atoms with Gasteiger partial charge in [0.1, 0.15) is 5.82 Å². The van der Waals surface area contributed by atoms with Crippen LogP contribution in [0.4, 0.5) is 32.3 Å². The third kappa shape index (κ3) is 5.55. The fraction of sp³-hybridized carbons (Fsp3) is 0.348. The molecule has 1 saturated heterocycles. The van der Waals surface area contributed by atoms with Gasteiger partial charge >= 0.3 is 6.18 Å². The Morgan fingerprint density at radius 1 is 1.14 bits per heavy atom. The highest BCUT2D eigenvalue weighted by Gasteiger charge is 2.46. The van der Waals surface area contributed by atoms with Crippen LogP contribution in [-0.4, -0.2) is 55.8 Å². The van der Waals surface area contributed by atoms with Crippen LogP contribution in [0.3, 0.4) is 0 Å². The molecule has 1 N–H and O–H groups in total. The summed E-state index contributed by atoms with van der Waals surface area (Å²) in [5, 5.41) is 2.72. The number of alkyl halides is 5. The summed E-state index contributed by atoms with van der Waals surface area (Å²) in [6.07, 6.45) is -1.10. The van der Waals surface area contributed by atoms with Crippen molar-refractivity contribution >= 4 is 11.9 Å². The number of aromatic nitrogens is 4. The van der Waals surface area contributed by atoms with E-state index < -0.39 is 54.3 Å². The highest BCUT2D eigenvalue weighted by atomic mass is 19.4. The molecule has 4 rings (SSSR count). The summed E-state index contributed by atoms with van der Waals surface area (Å²) < 4.78 is 81.5. The van der Waals surface area contributed by atoms with E-state index in [9.17, 15) is 31.1 Å². The Morgan fingerprint density at radius 3 is 2.44 bits per heavy atom. The van der Waals surface area contributed by atoms with Crippen LogP contribution in [-0.2, 0) is 6.18 Å². The maximum Gasteiger partial charge on any atom is 0.419 e. The van der Waals surface area contributed by atoms with Crippen LogP contribution in [0.2, 0.25) is 0 Å². The summed E-state index contributed by atoms with van der Waals surface area (Å²) in [7, 11) is 0. The minimum absolute atomic E-state index is 0.116. The summed E-state index contributed by atoms with van der Waals surface area (Å²) in [5.74, 6) is -5.57. The molecule has 0 unspecified atom stereocenters. The minimum Gasteiger partial charge on any atom is -0.352 e. The lowest BCUT2D eigenvalue weighted by Gasteiger charge is -2.43. The first-order valence-electron chi connectivity index (χ1n) is 10.8. The SMILES string of the molecule is C[C@@H]1CC(F)(F)CN(C(=O)c2cc(F)ccc2-c2ncccn2)[C@@H]1CNc1ncc(C(F)(F)F)cn1. The second kappa shape index (κ2) is 9.70. The molecule has 13 heteroatoms. The number of hydrogen-bond acceptors (Lipinski definition) is 6. The zero-order valence-corrected chi connectivity index (χ0v) is 18.8. The summed E-state index contributed by atoms with van der Waals surface area (Å²) in [6, 6.07) is 4.07. The molecule has 0 bridgehead atoms. The quantitative estimate of drug-likeness (QED) is 0.502. The molecular formula is C23H20F6N6O. The van der Waals surface area contributed by atoms with Crippen LogP contribution < -0.4 is 5.32 Å². The minimum atomic E-state index is -4.61. The van der Waals surface area contributed by atoms with Crippen molar-refractivity contribution in [3.8, 4) is 11.4 Å². The van der Waals surface area contributed by atoms with Crippen molar-refractivity contribution in [1.29, 1.82) is 0 Å². The number of nitrogens with zero attached hydrogens (tertiary/aromatic N) is 5. The van der Waals surface area contributed by atoms with Crippen LogP contribution in [0.15, 0.2) is 49.1 Å². The van der Waals surface area contributed by atoms with Crippen LogP contribution in [0.25, 0.3) is 11.4 Å². The van der Waals surface area contributed by atoms with E-state index in [-0.39, 0.29) is 29.4 Å². The largest absolute Gasteiger partial charge is 0.419 e. The van der Waals surface area contributed by atoms with Crippen LogP contribution in [0, 0.1) is 11.7 Å². The lowest BCUT2D eigenvalue weighted by atomic mass is 9.87. The molecule has 3 heterocycles. The second-order valence-corrected chi connectivity index (χ2v) is 8.47. The van der Waals surface area contributed by atoms with E-state index in [4.69, 9.17) is 0 Å². The highest BCUT2D eigenvalue weighted by molar-refractivity contribution is 6.00. The average molecular weight is 510 g/mol. The zero-order chi connectivity index (χ0) is 26.1. The van der Waals surface area contributed by atoms with Gasteiger partial charge in [-0.05, 0) is 30.2 Å². The Kier molecular flexibility index (Phi) is 6.83. The van der Waals surface area contributed by atoms with Crippen LogP contribution in [0.5, 0.6) is 0 Å². The van der Waals surface area contributed by atoms with E-state index in [0.29, 0.717) is 12.4 Å². The molecule has 0 aliphatic carbocycles. The number of rotatable bonds is 5. The Balaban J connectivity index is 1.63. The first-order chi connectivity index (χ1) is 16.9. The lowest BCUT2D eigenvalue weighted by molar-refractivity contribution is -0.138. The van der Waals surface area contributed by atoms with Gasteiger partial charge in [-0.2, -0.15) is 13.2 Å². The van der Waals surface area contributed by atoms with Gasteiger partial charge in [0.15, 0.2) is 5.82 Å². The number of carbonyl (C=O) groups is 1. The number of nitrogens with one attached hydrogen (secondary N) is 1. The third-order valence-corrected chi connectivity index (χ3v) is 5.81. The van der Waals surface area contributed by atoms with Crippen molar-refractivity contribution in [1.82, 2.24) is 24.8 Å². The maximum atomic E-state index is 14.5. The number of amides is 1. The summed E-state index contributed by atoms with van der Waals surface area (Å²) in [4.78, 5) is 29.8. The Bertz CT molecular complexity index is 1220. The van der Waals surface area contributed by atoms with E-state index >= 15 is 0 Å². The molecule has 2 aromatic heterocycles. The van der Waals surface area contributed by atoms with Crippen molar-refractivity contribution in [3.05, 3.63) is 66.0 Å². The molecule has 190 valence electrons. The lowest BCUT2D eigenvalue weighted by Crippen LogP contribution is -2.57. The molecule has 36 heavy (non-hydrogen) atoms. The molecule has 0 saturated carbocycles. The molecule has 0 spiro atoms. The van der Waals surface area contributed by atoms with Crippen LogP contribution in [0.1, 0.15) is 29.3 Å². The molecule has 1 aliphatic rings. The van der Waals surface area contributed by atoms with Crippen molar-refractivity contribution in [2.45, 2.75) is 31.5 Å². The third-order valence-electron chi connectivity index (χ3n) is 5.81. The Hall–Kier alpha value is -3.77. The first-order valence-corrected chi connectivity index (χ1v) is 10.8. The standard InChI is InChI=1S/C23H20F6N6O/c1-13-8-22(25,26)12-35(18(13)11-34-21-32-9-14(10-33-21)23(27,28)29)20(36)17-7-15(24)3-4-16(17)19-30-5-2-6-31-19/h2-7,9-10,13,18H,8,11-12H2,1H3,(H,32,33,34)/t13-,18-/m1/s1. The second-order valence-electron chi connectivity index (χ2n) is 8.47. The fourth-order valence-corrected chi connectivity index (χ4v) is 4.12. The first kappa shape index (κ1) is 25.3. The summed E-state index contributed by atoms with van der Waals surface area (Å²) in [5.41, 5.74) is -1.07. The number of benzene rings is 1. The molecule has 1 amide bonds. The van der Waals surface area contributed by atoms with Gasteiger partial charge in [0.05, 0.1) is 23.7 Å². The number of hydrogen-bond donors (Lipinski definition) is 1. The van der Waals surface area contributed by atoms with E-state index in [2.05, 4.69) is 25.3 Å². The topological polar surface area (TPSA) is 83.9 Å². The number of likely N-dealkylation sites (tertiary alicyclic amines) is 1. The van der Waals surface area contributed by atoms with Gasteiger partial charge < -0.3 is 10.2 Å². The number of carbonyl (C=O) groups excluding carboxylic acids is 1.